The Balaban J connectivity index is 0.000000483. The fourth-order valence-corrected chi connectivity index (χ4v) is 1.74. The predicted octanol–water partition coefficient (Wildman–Crippen LogP) is 0.465. The molecule has 27 heavy (non-hydrogen) atoms. The quantitative estimate of drug-likeness (QED) is 0.559. The van der Waals surface area contributed by atoms with Crippen LogP contribution in [0.3, 0.4) is 0 Å². The zero-order valence-corrected chi connectivity index (χ0v) is 18.3. The van der Waals surface area contributed by atoms with Crippen LogP contribution in [-0.4, -0.2) is 35.1 Å². The molecule has 0 saturated carbocycles. The second kappa shape index (κ2) is 13.6. The van der Waals surface area contributed by atoms with E-state index in [0.29, 0.717) is 13.2 Å². The van der Waals surface area contributed by atoms with Crippen molar-refractivity contribution in [2.24, 2.45) is 0 Å². The van der Waals surface area contributed by atoms with E-state index in [1.165, 1.54) is 12.4 Å². The molecule has 2 aromatic rings. The van der Waals surface area contributed by atoms with Crippen LogP contribution in [0.25, 0.3) is 0 Å². The molecule has 0 aromatic carbocycles. The van der Waals surface area contributed by atoms with E-state index in [0.717, 1.165) is 12.8 Å². The second-order valence-corrected chi connectivity index (χ2v) is 4.97. The van der Waals surface area contributed by atoms with Gasteiger partial charge in [-0.1, -0.05) is 13.8 Å². The summed E-state index contributed by atoms with van der Waals surface area (Å²) < 4.78 is 10.3. The van der Waals surface area contributed by atoms with Crippen LogP contribution in [0.2, 0.25) is 0 Å². The van der Waals surface area contributed by atoms with Gasteiger partial charge in [0.15, 0.2) is 0 Å². The fraction of sp³-hybridized carbons (Fsp3) is 0.333. The fourth-order valence-electron chi connectivity index (χ4n) is 1.74. The van der Waals surface area contributed by atoms with E-state index in [4.69, 9.17) is 9.47 Å². The Morgan fingerprint density at radius 3 is 1.52 bits per heavy atom. The van der Waals surface area contributed by atoms with Gasteiger partial charge in [-0.25, -0.2) is 0 Å². The van der Waals surface area contributed by atoms with E-state index in [1.54, 1.807) is 24.3 Å². The van der Waals surface area contributed by atoms with Gasteiger partial charge in [0.25, 0.3) is 0 Å². The number of pyridine rings is 2. The summed E-state index contributed by atoms with van der Waals surface area (Å²) in [6.45, 7) is 4.84. The van der Waals surface area contributed by atoms with Crippen molar-refractivity contribution < 1.29 is 48.8 Å². The van der Waals surface area contributed by atoms with Crippen molar-refractivity contribution in [2.75, 3.05) is 13.2 Å². The van der Waals surface area contributed by atoms with Gasteiger partial charge in [-0.3, -0.25) is 9.97 Å². The van der Waals surface area contributed by atoms with E-state index in [9.17, 15) is 19.8 Å². The van der Waals surface area contributed by atoms with Crippen molar-refractivity contribution >= 4 is 11.9 Å². The largest absolute Gasteiger partial charge is 2.00 e. The van der Waals surface area contributed by atoms with Crippen LogP contribution in [0, 0.1) is 0 Å². The minimum atomic E-state index is -1.31. The van der Waals surface area contributed by atoms with Gasteiger partial charge >= 0.3 is 19.5 Å². The van der Waals surface area contributed by atoms with Gasteiger partial charge in [-0.2, -0.15) is 0 Å². The van der Waals surface area contributed by atoms with Crippen LogP contribution in [0.1, 0.15) is 47.7 Å². The average molecular weight is 426 g/mol. The molecule has 0 aliphatic heterocycles. The maximum absolute atomic E-state index is 10.5. The Morgan fingerprint density at radius 2 is 1.22 bits per heavy atom. The molecular weight excluding hydrogens is 406 g/mol. The van der Waals surface area contributed by atoms with Crippen LogP contribution in [-0.2, 0) is 19.5 Å². The molecule has 2 aromatic heterocycles. The number of hydrogen-bond acceptors (Lipinski definition) is 8. The molecule has 0 aliphatic rings. The zero-order valence-electron chi connectivity index (χ0n) is 15.3. The van der Waals surface area contributed by atoms with Gasteiger partial charge < -0.3 is 29.3 Å². The maximum Gasteiger partial charge on any atom is 2.00 e. The molecule has 0 spiro atoms. The number of carboxylic acid groups (broad SMARTS) is 2. The van der Waals surface area contributed by atoms with Crippen LogP contribution >= 0.6 is 0 Å². The van der Waals surface area contributed by atoms with Gasteiger partial charge in [0, 0.05) is 12.4 Å². The molecule has 0 amide bonds. The SMILES string of the molecule is CCCOc1cccnc1C(=O)[O-].CCCOc1cccnc1C(=O)[O-].[Zn+2]. The summed E-state index contributed by atoms with van der Waals surface area (Å²) in [5.41, 5.74) is -0.285. The molecule has 8 nitrogen and oxygen atoms in total. The van der Waals surface area contributed by atoms with Gasteiger partial charge in [0.05, 0.1) is 25.2 Å². The smallest absolute Gasteiger partial charge is 0.543 e. The Hall–Kier alpha value is -2.54. The van der Waals surface area contributed by atoms with Crippen molar-refractivity contribution in [3.05, 3.63) is 48.0 Å². The van der Waals surface area contributed by atoms with Crippen molar-refractivity contribution in [3.63, 3.8) is 0 Å². The Kier molecular flexibility index (Phi) is 12.4. The maximum atomic E-state index is 10.5. The number of aromatic nitrogens is 2. The molecule has 0 fully saturated rings. The van der Waals surface area contributed by atoms with Gasteiger partial charge in [-0.15, -0.1) is 0 Å². The monoisotopic (exact) mass is 424 g/mol. The van der Waals surface area contributed by atoms with E-state index >= 15 is 0 Å². The number of aromatic carboxylic acids is 2. The first-order valence-electron chi connectivity index (χ1n) is 8.09. The van der Waals surface area contributed by atoms with Crippen molar-refractivity contribution in [2.45, 2.75) is 26.7 Å². The standard InChI is InChI=1S/2C9H11NO3.Zn/c2*1-2-6-13-7-4-3-5-10-8(7)9(11)12;/h2*3-5H,2,6H2,1H3,(H,11,12);/q;;+2/p-2. The van der Waals surface area contributed by atoms with Crippen molar-refractivity contribution in [1.29, 1.82) is 0 Å². The van der Waals surface area contributed by atoms with Crippen LogP contribution in [0.5, 0.6) is 11.5 Å². The molecule has 2 rings (SSSR count). The van der Waals surface area contributed by atoms with Crippen LogP contribution in [0.4, 0.5) is 0 Å². The molecule has 0 N–H and O–H groups in total. The summed E-state index contributed by atoms with van der Waals surface area (Å²) in [5.74, 6) is -2.09. The molecule has 0 atom stereocenters. The molecule has 0 bridgehead atoms. The first-order valence-corrected chi connectivity index (χ1v) is 8.09. The third-order valence-electron chi connectivity index (χ3n) is 2.85. The van der Waals surface area contributed by atoms with E-state index in [1.807, 2.05) is 13.8 Å². The van der Waals surface area contributed by atoms with Crippen molar-refractivity contribution in [3.8, 4) is 11.5 Å². The first-order chi connectivity index (χ1) is 12.5. The number of hydrogen-bond donors (Lipinski definition) is 0. The molecule has 0 saturated heterocycles. The van der Waals surface area contributed by atoms with Gasteiger partial charge in [0.1, 0.15) is 22.9 Å². The number of ether oxygens (including phenoxy) is 2. The first kappa shape index (κ1) is 24.5. The summed E-state index contributed by atoms with van der Waals surface area (Å²) in [6.07, 6.45) is 4.43. The molecule has 0 radical (unpaired) electrons. The van der Waals surface area contributed by atoms with E-state index < -0.39 is 11.9 Å². The minimum Gasteiger partial charge on any atom is -0.543 e. The molecule has 9 heteroatoms. The third kappa shape index (κ3) is 8.59. The second-order valence-electron chi connectivity index (χ2n) is 4.97. The number of carbonyl (C=O) groups is 2. The Morgan fingerprint density at radius 1 is 0.852 bits per heavy atom. The number of nitrogens with zero attached hydrogens (tertiary/aromatic N) is 2. The van der Waals surface area contributed by atoms with Gasteiger partial charge in [-0.05, 0) is 37.1 Å². The van der Waals surface area contributed by atoms with E-state index in [-0.39, 0.29) is 42.4 Å². The minimum absolute atomic E-state index is 0. The average Bonchev–Trinajstić information content (AvgIpc) is 2.65. The third-order valence-corrected chi connectivity index (χ3v) is 2.85. The van der Waals surface area contributed by atoms with E-state index in [2.05, 4.69) is 9.97 Å². The van der Waals surface area contributed by atoms with Crippen LogP contribution < -0.4 is 19.7 Å². The zero-order chi connectivity index (χ0) is 19.4. The van der Waals surface area contributed by atoms with Crippen LogP contribution in [0.15, 0.2) is 36.7 Å². The van der Waals surface area contributed by atoms with Gasteiger partial charge in [0.2, 0.25) is 0 Å². The molecular formula is C18H20N2O6Zn. The molecule has 0 aliphatic carbocycles. The number of carbonyl (C=O) groups excluding carboxylic acids is 2. The number of rotatable bonds is 8. The molecule has 140 valence electrons. The Labute approximate surface area is 170 Å². The van der Waals surface area contributed by atoms with Crippen molar-refractivity contribution in [1.82, 2.24) is 9.97 Å². The summed E-state index contributed by atoms with van der Waals surface area (Å²) >= 11 is 0. The molecule has 2 heterocycles. The summed E-state index contributed by atoms with van der Waals surface area (Å²) in [5, 5.41) is 21.1. The normalized spacial score (nSPS) is 9.26. The summed E-state index contributed by atoms with van der Waals surface area (Å²) in [7, 11) is 0. The summed E-state index contributed by atoms with van der Waals surface area (Å²) in [4.78, 5) is 28.4. The summed E-state index contributed by atoms with van der Waals surface area (Å²) in [6, 6.07) is 6.37. The topological polar surface area (TPSA) is 124 Å². The predicted molar refractivity (Wildman–Crippen MR) is 88.7 cm³/mol. The number of carboxylic acids is 2. The molecule has 0 unspecified atom stereocenters. The Bertz CT molecular complexity index is 665.